The van der Waals surface area contributed by atoms with E-state index in [1.165, 1.54) is 6.42 Å². The summed E-state index contributed by atoms with van der Waals surface area (Å²) in [6.45, 7) is 0.509. The van der Waals surface area contributed by atoms with Gasteiger partial charge >= 0.3 is 0 Å². The Morgan fingerprint density at radius 2 is 2.06 bits per heavy atom. The first-order valence-corrected chi connectivity index (χ1v) is 5.96. The van der Waals surface area contributed by atoms with Gasteiger partial charge in [0.25, 0.3) is 5.91 Å². The van der Waals surface area contributed by atoms with Gasteiger partial charge in [-0.25, -0.2) is 0 Å². The maximum Gasteiger partial charge on any atom is 0.251 e. The Kier molecular flexibility index (Phi) is 3.55. The number of ether oxygens (including phenoxy) is 1. The Morgan fingerprint density at radius 3 is 2.75 bits per heavy atom. The third-order valence-corrected chi connectivity index (χ3v) is 3.29. The lowest BCUT2D eigenvalue weighted by Crippen LogP contribution is -2.18. The third kappa shape index (κ3) is 2.41. The summed E-state index contributed by atoms with van der Waals surface area (Å²) in [7, 11) is 0. The van der Waals surface area contributed by atoms with Gasteiger partial charge in [0.2, 0.25) is 5.90 Å². The largest absolute Gasteiger partial charge is 0.480 e. The van der Waals surface area contributed by atoms with Gasteiger partial charge in [-0.1, -0.05) is 19.3 Å². The molecule has 1 amide bonds. The van der Waals surface area contributed by atoms with Gasteiger partial charge in [0.05, 0.1) is 12.7 Å². The predicted octanol–water partition coefficient (Wildman–Crippen LogP) is 2.05. The number of carbonyl (C=O) groups is 1. The van der Waals surface area contributed by atoms with Crippen molar-refractivity contribution in [2.45, 2.75) is 38.5 Å². The Morgan fingerprint density at radius 1 is 1.31 bits per heavy atom. The molecule has 86 valence electrons. The number of nitrogens with zero attached hydrogens (tertiary/aromatic N) is 2. The van der Waals surface area contributed by atoms with E-state index in [0.29, 0.717) is 18.9 Å². The molecular weight excluding hydrogens is 204 g/mol. The van der Waals surface area contributed by atoms with Gasteiger partial charge in [-0.3, -0.25) is 4.79 Å². The van der Waals surface area contributed by atoms with Crippen LogP contribution in [0.1, 0.15) is 38.5 Å². The van der Waals surface area contributed by atoms with E-state index in [4.69, 9.17) is 10.00 Å². The molecule has 0 bridgehead atoms. The van der Waals surface area contributed by atoms with Gasteiger partial charge in [-0.2, -0.15) is 10.3 Å². The van der Waals surface area contributed by atoms with Gasteiger partial charge in [0, 0.05) is 12.3 Å². The molecule has 1 heterocycles. The van der Waals surface area contributed by atoms with Gasteiger partial charge < -0.3 is 4.74 Å². The first kappa shape index (κ1) is 11.1. The van der Waals surface area contributed by atoms with Crippen molar-refractivity contribution in [2.24, 2.45) is 16.8 Å². The van der Waals surface area contributed by atoms with Crippen molar-refractivity contribution in [1.29, 1.82) is 5.26 Å². The van der Waals surface area contributed by atoms with Crippen LogP contribution in [-0.2, 0) is 9.53 Å². The highest BCUT2D eigenvalue weighted by molar-refractivity contribution is 5.95. The molecule has 0 aromatic heterocycles. The van der Waals surface area contributed by atoms with E-state index in [2.05, 4.69) is 11.1 Å². The lowest BCUT2D eigenvalue weighted by Gasteiger charge is -2.18. The van der Waals surface area contributed by atoms with Crippen LogP contribution in [0.3, 0.4) is 0 Å². The predicted molar refractivity (Wildman–Crippen MR) is 58.7 cm³/mol. The zero-order valence-electron chi connectivity index (χ0n) is 9.32. The summed E-state index contributed by atoms with van der Waals surface area (Å²) in [5, 5.41) is 8.84. The number of amides is 1. The molecule has 0 N–H and O–H groups in total. The number of nitriles is 1. The van der Waals surface area contributed by atoms with Crippen LogP contribution >= 0.6 is 0 Å². The Balaban J connectivity index is 1.99. The molecule has 2 fully saturated rings. The number of rotatable bonds is 1. The van der Waals surface area contributed by atoms with Crippen LogP contribution in [0.15, 0.2) is 4.99 Å². The number of hydrogen-bond donors (Lipinski definition) is 0. The van der Waals surface area contributed by atoms with E-state index in [0.717, 1.165) is 25.7 Å². The van der Waals surface area contributed by atoms with Gasteiger partial charge in [-0.15, -0.1) is 0 Å². The van der Waals surface area contributed by atoms with Gasteiger partial charge in [-0.05, 0) is 12.8 Å². The fourth-order valence-corrected chi connectivity index (χ4v) is 2.28. The Bertz CT molecular complexity index is 337. The van der Waals surface area contributed by atoms with Crippen molar-refractivity contribution in [3.63, 3.8) is 0 Å². The average Bonchev–Trinajstić information content (AvgIpc) is 2.77. The second-order valence-corrected chi connectivity index (χ2v) is 4.44. The average molecular weight is 220 g/mol. The SMILES string of the molecule is N#CC1CCOC1=NC(=O)C1CCCCC1. The van der Waals surface area contributed by atoms with Crippen molar-refractivity contribution in [1.82, 2.24) is 0 Å². The molecule has 1 aliphatic heterocycles. The second kappa shape index (κ2) is 5.11. The van der Waals surface area contributed by atoms with Crippen LogP contribution in [0.4, 0.5) is 0 Å². The van der Waals surface area contributed by atoms with Crippen molar-refractivity contribution in [3.05, 3.63) is 0 Å². The first-order chi connectivity index (χ1) is 7.81. The van der Waals surface area contributed by atoms with Crippen LogP contribution in [0, 0.1) is 23.2 Å². The lowest BCUT2D eigenvalue weighted by molar-refractivity contribution is -0.122. The monoisotopic (exact) mass is 220 g/mol. The van der Waals surface area contributed by atoms with Gasteiger partial charge in [0.1, 0.15) is 5.92 Å². The summed E-state index contributed by atoms with van der Waals surface area (Å²) in [5.41, 5.74) is 0. The van der Waals surface area contributed by atoms with Crippen LogP contribution in [-0.4, -0.2) is 18.4 Å². The minimum absolute atomic E-state index is 0.0600. The van der Waals surface area contributed by atoms with E-state index in [-0.39, 0.29) is 17.7 Å². The summed E-state index contributed by atoms with van der Waals surface area (Å²) < 4.78 is 5.22. The minimum atomic E-state index is -0.312. The molecule has 1 atom stereocenters. The van der Waals surface area contributed by atoms with Crippen molar-refractivity contribution >= 4 is 11.8 Å². The number of carbonyl (C=O) groups excluding carboxylic acids is 1. The Labute approximate surface area is 95.3 Å². The molecule has 1 saturated heterocycles. The summed E-state index contributed by atoms with van der Waals surface area (Å²) >= 11 is 0. The molecule has 1 saturated carbocycles. The molecule has 4 nitrogen and oxygen atoms in total. The maximum absolute atomic E-state index is 11.8. The normalized spacial score (nSPS) is 28.7. The van der Waals surface area contributed by atoms with Crippen molar-refractivity contribution in [3.8, 4) is 6.07 Å². The maximum atomic E-state index is 11.8. The topological polar surface area (TPSA) is 62.4 Å². The molecule has 16 heavy (non-hydrogen) atoms. The Hall–Kier alpha value is -1.37. The number of hydrogen-bond acceptors (Lipinski definition) is 3. The molecule has 0 spiro atoms. The molecule has 0 aromatic rings. The highest BCUT2D eigenvalue weighted by Crippen LogP contribution is 2.25. The molecule has 4 heteroatoms. The molecule has 0 aromatic carbocycles. The lowest BCUT2D eigenvalue weighted by atomic mass is 9.89. The third-order valence-electron chi connectivity index (χ3n) is 3.29. The second-order valence-electron chi connectivity index (χ2n) is 4.44. The van der Waals surface area contributed by atoms with Crippen molar-refractivity contribution < 1.29 is 9.53 Å². The van der Waals surface area contributed by atoms with E-state index in [9.17, 15) is 4.79 Å². The van der Waals surface area contributed by atoms with Gasteiger partial charge in [0.15, 0.2) is 0 Å². The molecule has 1 aliphatic carbocycles. The summed E-state index contributed by atoms with van der Waals surface area (Å²) in [4.78, 5) is 15.8. The van der Waals surface area contributed by atoms with E-state index in [1.807, 2.05) is 0 Å². The first-order valence-electron chi connectivity index (χ1n) is 5.96. The van der Waals surface area contributed by atoms with Crippen LogP contribution in [0.2, 0.25) is 0 Å². The summed E-state index contributed by atoms with van der Waals surface area (Å²) in [5.74, 6) is 0.00672. The van der Waals surface area contributed by atoms with E-state index < -0.39 is 0 Å². The fourth-order valence-electron chi connectivity index (χ4n) is 2.28. The fraction of sp³-hybridized carbons (Fsp3) is 0.750. The zero-order chi connectivity index (χ0) is 11.4. The highest BCUT2D eigenvalue weighted by atomic mass is 16.5. The minimum Gasteiger partial charge on any atom is -0.480 e. The molecular formula is C12H16N2O2. The molecule has 2 rings (SSSR count). The van der Waals surface area contributed by atoms with Crippen LogP contribution in [0.5, 0.6) is 0 Å². The molecule has 0 radical (unpaired) electrons. The smallest absolute Gasteiger partial charge is 0.251 e. The van der Waals surface area contributed by atoms with Crippen molar-refractivity contribution in [2.75, 3.05) is 6.61 Å². The highest BCUT2D eigenvalue weighted by Gasteiger charge is 2.27. The quantitative estimate of drug-likeness (QED) is 0.679. The van der Waals surface area contributed by atoms with Crippen LogP contribution < -0.4 is 0 Å². The summed E-state index contributed by atoms with van der Waals surface area (Å²) in [6.07, 6.45) is 5.98. The zero-order valence-corrected chi connectivity index (χ0v) is 9.32. The molecule has 2 aliphatic rings. The van der Waals surface area contributed by atoms with E-state index in [1.54, 1.807) is 0 Å². The standard InChI is InChI=1S/C12H16N2O2/c13-8-10-6-7-16-12(10)14-11(15)9-4-2-1-3-5-9/h9-10H,1-7H2. The van der Waals surface area contributed by atoms with Crippen LogP contribution in [0.25, 0.3) is 0 Å². The van der Waals surface area contributed by atoms with E-state index >= 15 is 0 Å². The summed E-state index contributed by atoms with van der Waals surface area (Å²) in [6, 6.07) is 2.11. The molecule has 1 unspecified atom stereocenters. The number of aliphatic imine (C=N–C) groups is 1.